The first-order chi connectivity index (χ1) is 17.0. The summed E-state index contributed by atoms with van der Waals surface area (Å²) in [5, 5.41) is 8.47. The van der Waals surface area contributed by atoms with Crippen LogP contribution in [0.15, 0.2) is 85.2 Å². The molecular formula is C26H24N6O3. The molecule has 35 heavy (non-hydrogen) atoms. The van der Waals surface area contributed by atoms with Gasteiger partial charge in [0.1, 0.15) is 6.61 Å². The Labute approximate surface area is 202 Å². The Kier molecular flexibility index (Phi) is 7.17. The fourth-order valence-electron chi connectivity index (χ4n) is 3.22. The molecule has 0 aliphatic carbocycles. The molecule has 176 valence electrons. The summed E-state index contributed by atoms with van der Waals surface area (Å²) >= 11 is 0. The van der Waals surface area contributed by atoms with Gasteiger partial charge in [0.25, 0.3) is 5.91 Å². The van der Waals surface area contributed by atoms with Crippen molar-refractivity contribution in [3.05, 3.63) is 102 Å². The van der Waals surface area contributed by atoms with Crippen LogP contribution >= 0.6 is 0 Å². The SMILES string of the molecule is Cc1ccc(NC(=O)OCc2ccccc2)cc1C(=O)Nc1cnc(Nc2cccc(N)c2)nc1. The van der Waals surface area contributed by atoms with Gasteiger partial charge in [-0.15, -0.1) is 0 Å². The van der Waals surface area contributed by atoms with Gasteiger partial charge in [-0.25, -0.2) is 14.8 Å². The predicted molar refractivity (Wildman–Crippen MR) is 136 cm³/mol. The number of anilines is 5. The van der Waals surface area contributed by atoms with E-state index in [-0.39, 0.29) is 12.5 Å². The molecule has 3 aromatic carbocycles. The molecule has 0 aliphatic heterocycles. The van der Waals surface area contributed by atoms with Crippen molar-refractivity contribution < 1.29 is 14.3 Å². The van der Waals surface area contributed by atoms with Crippen LogP contribution in [0.3, 0.4) is 0 Å². The lowest BCUT2D eigenvalue weighted by molar-refractivity contribution is 0.102. The van der Waals surface area contributed by atoms with E-state index in [1.54, 1.807) is 30.3 Å². The molecule has 4 aromatic rings. The molecule has 5 N–H and O–H groups in total. The molecule has 0 saturated heterocycles. The third kappa shape index (κ3) is 6.55. The third-order valence-electron chi connectivity index (χ3n) is 4.99. The predicted octanol–water partition coefficient (Wildman–Crippen LogP) is 5.11. The minimum absolute atomic E-state index is 0.147. The van der Waals surface area contributed by atoms with Gasteiger partial charge in [-0.2, -0.15) is 0 Å². The Bertz CT molecular complexity index is 1330. The molecule has 0 atom stereocenters. The Hall–Kier alpha value is -4.92. The number of aryl methyl sites for hydroxylation is 1. The summed E-state index contributed by atoms with van der Waals surface area (Å²) in [6.07, 6.45) is 2.39. The zero-order valence-electron chi connectivity index (χ0n) is 19.0. The van der Waals surface area contributed by atoms with Gasteiger partial charge in [0.05, 0.1) is 18.1 Å². The van der Waals surface area contributed by atoms with Crippen molar-refractivity contribution in [3.63, 3.8) is 0 Å². The molecule has 0 spiro atoms. The molecular weight excluding hydrogens is 444 g/mol. The molecule has 0 bridgehead atoms. The van der Waals surface area contributed by atoms with Crippen LogP contribution in [0, 0.1) is 6.92 Å². The molecule has 0 aliphatic rings. The zero-order chi connectivity index (χ0) is 24.6. The second-order valence-electron chi connectivity index (χ2n) is 7.72. The number of rotatable bonds is 7. The normalized spacial score (nSPS) is 10.3. The number of carbonyl (C=O) groups is 2. The standard InChI is InChI=1S/C26H24N6O3/c1-17-10-11-21(32-26(34)35-16-18-6-3-2-4-7-18)13-23(17)24(33)30-22-14-28-25(29-15-22)31-20-9-5-8-19(27)12-20/h2-15H,16,27H2,1H3,(H,30,33)(H,32,34)(H,28,29,31). The summed E-state index contributed by atoms with van der Waals surface area (Å²) in [5.74, 6) is 0.00828. The highest BCUT2D eigenvalue weighted by Crippen LogP contribution is 2.19. The Morgan fingerprint density at radius 2 is 1.63 bits per heavy atom. The van der Waals surface area contributed by atoms with Gasteiger partial charge in [0.2, 0.25) is 5.95 Å². The molecule has 0 radical (unpaired) electrons. The van der Waals surface area contributed by atoms with Crippen LogP contribution in [-0.2, 0) is 11.3 Å². The number of benzene rings is 3. The second-order valence-corrected chi connectivity index (χ2v) is 7.72. The molecule has 0 unspecified atom stereocenters. The van der Waals surface area contributed by atoms with E-state index in [0.29, 0.717) is 28.6 Å². The molecule has 0 fully saturated rings. The maximum Gasteiger partial charge on any atom is 0.411 e. The van der Waals surface area contributed by atoms with E-state index in [1.165, 1.54) is 12.4 Å². The average molecular weight is 469 g/mol. The first kappa shape index (κ1) is 23.2. The first-order valence-electron chi connectivity index (χ1n) is 10.8. The van der Waals surface area contributed by atoms with Gasteiger partial charge < -0.3 is 21.1 Å². The van der Waals surface area contributed by atoms with Crippen LogP contribution in [0.2, 0.25) is 0 Å². The number of aromatic nitrogens is 2. The number of nitrogens with one attached hydrogen (secondary N) is 3. The topological polar surface area (TPSA) is 131 Å². The molecule has 9 nitrogen and oxygen atoms in total. The highest BCUT2D eigenvalue weighted by atomic mass is 16.5. The zero-order valence-corrected chi connectivity index (χ0v) is 19.0. The van der Waals surface area contributed by atoms with Gasteiger partial charge >= 0.3 is 6.09 Å². The quantitative estimate of drug-likeness (QED) is 0.277. The fourth-order valence-corrected chi connectivity index (χ4v) is 3.22. The summed E-state index contributed by atoms with van der Waals surface area (Å²) in [7, 11) is 0. The number of hydrogen-bond donors (Lipinski definition) is 4. The monoisotopic (exact) mass is 468 g/mol. The van der Waals surface area contributed by atoms with Crippen molar-refractivity contribution in [2.24, 2.45) is 0 Å². The Morgan fingerprint density at radius 3 is 2.37 bits per heavy atom. The van der Waals surface area contributed by atoms with Gasteiger partial charge in [0, 0.05) is 22.6 Å². The second kappa shape index (κ2) is 10.8. The molecule has 2 amide bonds. The van der Waals surface area contributed by atoms with Crippen molar-refractivity contribution in [3.8, 4) is 0 Å². The van der Waals surface area contributed by atoms with E-state index >= 15 is 0 Å². The van der Waals surface area contributed by atoms with E-state index in [4.69, 9.17) is 10.5 Å². The molecule has 9 heteroatoms. The van der Waals surface area contributed by atoms with E-state index < -0.39 is 6.09 Å². The summed E-state index contributed by atoms with van der Waals surface area (Å²) in [6, 6.07) is 21.6. The van der Waals surface area contributed by atoms with E-state index in [0.717, 1.165) is 16.8 Å². The average Bonchev–Trinajstić information content (AvgIpc) is 2.86. The van der Waals surface area contributed by atoms with E-state index in [9.17, 15) is 9.59 Å². The van der Waals surface area contributed by atoms with Crippen molar-refractivity contribution in [1.82, 2.24) is 9.97 Å². The summed E-state index contributed by atoms with van der Waals surface area (Å²) in [4.78, 5) is 33.5. The van der Waals surface area contributed by atoms with Gasteiger partial charge in [-0.3, -0.25) is 10.1 Å². The number of ether oxygens (including phenoxy) is 1. The number of carbonyl (C=O) groups excluding carboxylic acids is 2. The van der Waals surface area contributed by atoms with Crippen molar-refractivity contribution in [1.29, 1.82) is 0 Å². The first-order valence-corrected chi connectivity index (χ1v) is 10.8. The molecule has 1 aromatic heterocycles. The lowest BCUT2D eigenvalue weighted by atomic mass is 10.1. The minimum Gasteiger partial charge on any atom is -0.444 e. The lowest BCUT2D eigenvalue weighted by Gasteiger charge is -2.11. The van der Waals surface area contributed by atoms with Crippen LogP contribution in [-0.4, -0.2) is 22.0 Å². The minimum atomic E-state index is -0.610. The summed E-state index contributed by atoms with van der Waals surface area (Å²) in [5.41, 5.74) is 10.0. The number of nitrogen functional groups attached to an aromatic ring is 1. The summed E-state index contributed by atoms with van der Waals surface area (Å²) < 4.78 is 5.24. The number of hydrogen-bond acceptors (Lipinski definition) is 7. The lowest BCUT2D eigenvalue weighted by Crippen LogP contribution is -2.16. The molecule has 1 heterocycles. The Balaban J connectivity index is 1.36. The van der Waals surface area contributed by atoms with Gasteiger partial charge in [0.15, 0.2) is 0 Å². The van der Waals surface area contributed by atoms with Crippen LogP contribution in [0.1, 0.15) is 21.5 Å². The maximum atomic E-state index is 12.9. The molecule has 4 rings (SSSR count). The number of nitrogens with two attached hydrogens (primary N) is 1. The van der Waals surface area contributed by atoms with Crippen molar-refractivity contribution in [2.75, 3.05) is 21.7 Å². The smallest absolute Gasteiger partial charge is 0.411 e. The van der Waals surface area contributed by atoms with Crippen LogP contribution in [0.4, 0.5) is 33.5 Å². The Morgan fingerprint density at radius 1 is 0.857 bits per heavy atom. The largest absolute Gasteiger partial charge is 0.444 e. The van der Waals surface area contributed by atoms with E-state index in [1.807, 2.05) is 49.4 Å². The maximum absolute atomic E-state index is 12.9. The summed E-state index contributed by atoms with van der Waals surface area (Å²) in [6.45, 7) is 1.95. The fraction of sp³-hybridized carbons (Fsp3) is 0.0769. The van der Waals surface area contributed by atoms with Crippen molar-refractivity contribution in [2.45, 2.75) is 13.5 Å². The number of amides is 2. The van der Waals surface area contributed by atoms with Crippen molar-refractivity contribution >= 4 is 40.7 Å². The van der Waals surface area contributed by atoms with Crippen LogP contribution in [0.25, 0.3) is 0 Å². The molecule has 0 saturated carbocycles. The third-order valence-corrected chi connectivity index (χ3v) is 4.99. The van der Waals surface area contributed by atoms with E-state index in [2.05, 4.69) is 25.9 Å². The van der Waals surface area contributed by atoms with Gasteiger partial charge in [-0.1, -0.05) is 42.5 Å². The van der Waals surface area contributed by atoms with Gasteiger partial charge in [-0.05, 0) is 48.4 Å². The van der Waals surface area contributed by atoms with Crippen LogP contribution in [0.5, 0.6) is 0 Å². The highest BCUT2D eigenvalue weighted by Gasteiger charge is 2.13. The number of nitrogens with zero attached hydrogens (tertiary/aromatic N) is 2. The highest BCUT2D eigenvalue weighted by molar-refractivity contribution is 6.06. The van der Waals surface area contributed by atoms with Crippen LogP contribution < -0.4 is 21.7 Å².